The maximum atomic E-state index is 12.5. The van der Waals surface area contributed by atoms with Gasteiger partial charge in [0.1, 0.15) is 30.0 Å². The summed E-state index contributed by atoms with van der Waals surface area (Å²) >= 11 is 4.85. The number of hydrogen-bond donors (Lipinski definition) is 1. The van der Waals surface area contributed by atoms with Gasteiger partial charge in [-0.15, -0.1) is 0 Å². The molecule has 1 aromatic carbocycles. The SMILES string of the molecule is CCN(CC)c1ccc2c(C3=C(C(=O)O)C=CC(C)(N=C=S)C=C3)c3ccc(=[N+](CC)CC)cc-3oc2c1. The van der Waals surface area contributed by atoms with E-state index in [0.717, 1.165) is 53.7 Å². The normalized spacial score (nSPS) is 17.0. The fraction of sp³-hybridized carbons (Fsp3) is 0.323. The van der Waals surface area contributed by atoms with Gasteiger partial charge in [0.2, 0.25) is 5.36 Å². The number of carboxylic acid groups (broad SMARTS) is 1. The maximum Gasteiger partial charge on any atom is 0.336 e. The van der Waals surface area contributed by atoms with Crippen LogP contribution in [0.4, 0.5) is 5.69 Å². The standard InChI is InChI=1S/C31H33N3O3S/c1-6-33(7-2)21-10-12-25-27(18-21)37-28-19-22(34(8-3)9-4)11-13-26(28)29(25)23-14-16-31(5,32-20-38)17-15-24(23)30(35)36/h10-19H,6-9H2,1-5H3/p+1. The lowest BCUT2D eigenvalue weighted by Gasteiger charge is -2.22. The predicted octanol–water partition coefficient (Wildman–Crippen LogP) is 6.02. The minimum absolute atomic E-state index is 0.180. The predicted molar refractivity (Wildman–Crippen MR) is 159 cm³/mol. The zero-order valence-corrected chi connectivity index (χ0v) is 23.4. The lowest BCUT2D eigenvalue weighted by atomic mass is 9.90. The first-order valence-electron chi connectivity index (χ1n) is 13.1. The lowest BCUT2D eigenvalue weighted by Crippen LogP contribution is -2.29. The molecule has 0 fully saturated rings. The Kier molecular flexibility index (Phi) is 8.10. The molecule has 4 rings (SSSR count). The monoisotopic (exact) mass is 528 g/mol. The number of rotatable bonds is 8. The van der Waals surface area contributed by atoms with Crippen molar-refractivity contribution in [3.05, 3.63) is 77.2 Å². The van der Waals surface area contributed by atoms with Crippen LogP contribution >= 0.6 is 12.2 Å². The quantitative estimate of drug-likeness (QED) is 0.168. The number of hydrogen-bond acceptors (Lipinski definition) is 5. The van der Waals surface area contributed by atoms with Crippen LogP contribution in [-0.4, -0.2) is 48.0 Å². The first-order valence-corrected chi connectivity index (χ1v) is 13.5. The summed E-state index contributed by atoms with van der Waals surface area (Å²) in [6.45, 7) is 13.8. The number of isothiocyanates is 1. The molecule has 6 nitrogen and oxygen atoms in total. The third kappa shape index (κ3) is 5.13. The molecule has 1 aromatic rings. The van der Waals surface area contributed by atoms with Gasteiger partial charge in [0.15, 0.2) is 0 Å². The van der Waals surface area contributed by atoms with Crippen LogP contribution in [0.25, 0.3) is 27.9 Å². The molecule has 38 heavy (non-hydrogen) atoms. The van der Waals surface area contributed by atoms with Crippen LogP contribution in [0.1, 0.15) is 40.2 Å². The van der Waals surface area contributed by atoms with E-state index in [9.17, 15) is 9.90 Å². The number of thiocarbonyl (C=S) groups is 1. The molecular weight excluding hydrogens is 494 g/mol. The second-order valence-corrected chi connectivity index (χ2v) is 9.59. The van der Waals surface area contributed by atoms with Gasteiger partial charge in [0.05, 0.1) is 16.8 Å². The fourth-order valence-corrected chi connectivity index (χ4v) is 5.24. The Morgan fingerprint density at radius 3 is 2.42 bits per heavy atom. The van der Waals surface area contributed by atoms with Crippen molar-refractivity contribution in [1.29, 1.82) is 0 Å². The Bertz CT molecular complexity index is 1560. The zero-order valence-electron chi connectivity index (χ0n) is 22.6. The van der Waals surface area contributed by atoms with Crippen molar-refractivity contribution in [2.24, 2.45) is 4.99 Å². The molecule has 2 aliphatic carbocycles. The molecule has 1 atom stereocenters. The summed E-state index contributed by atoms with van der Waals surface area (Å²) < 4.78 is 8.80. The van der Waals surface area contributed by atoms with Gasteiger partial charge in [-0.25, -0.2) is 14.4 Å². The van der Waals surface area contributed by atoms with Crippen LogP contribution in [-0.2, 0) is 4.79 Å². The summed E-state index contributed by atoms with van der Waals surface area (Å²) in [5.41, 5.74) is 3.40. The van der Waals surface area contributed by atoms with Crippen molar-refractivity contribution < 1.29 is 14.3 Å². The molecule has 0 radical (unpaired) electrons. The highest BCUT2D eigenvalue weighted by Gasteiger charge is 2.26. The minimum atomic E-state index is -1.02. The van der Waals surface area contributed by atoms with Crippen molar-refractivity contribution in [2.45, 2.75) is 40.2 Å². The summed E-state index contributed by atoms with van der Waals surface area (Å²) in [4.78, 5) is 19.1. The number of allylic oxidation sites excluding steroid dienone is 2. The van der Waals surface area contributed by atoms with Gasteiger partial charge in [-0.05, 0) is 76.7 Å². The molecule has 0 amide bonds. The molecule has 1 heterocycles. The van der Waals surface area contributed by atoms with Gasteiger partial charge >= 0.3 is 5.97 Å². The van der Waals surface area contributed by atoms with Crippen LogP contribution in [0.3, 0.4) is 0 Å². The number of fused-ring (bicyclic) bond motifs is 2. The van der Waals surface area contributed by atoms with Crippen LogP contribution < -0.4 is 14.8 Å². The number of carbonyl (C=O) groups is 1. The van der Waals surface area contributed by atoms with Gasteiger partial charge in [-0.3, -0.25) is 0 Å². The average molecular weight is 529 g/mol. The summed E-state index contributed by atoms with van der Waals surface area (Å²) in [7, 11) is 0. The summed E-state index contributed by atoms with van der Waals surface area (Å²) in [6.07, 6.45) is 7.06. The van der Waals surface area contributed by atoms with Gasteiger partial charge in [0, 0.05) is 47.4 Å². The molecule has 0 saturated carbocycles. The third-order valence-electron chi connectivity index (χ3n) is 7.20. The van der Waals surface area contributed by atoms with E-state index >= 15 is 0 Å². The van der Waals surface area contributed by atoms with Crippen molar-refractivity contribution in [1.82, 2.24) is 4.58 Å². The number of aliphatic carboxylic acids is 1. The highest BCUT2D eigenvalue weighted by molar-refractivity contribution is 7.78. The molecule has 3 aliphatic rings. The summed E-state index contributed by atoms with van der Waals surface area (Å²) in [5.74, 6) is -0.315. The van der Waals surface area contributed by atoms with Crippen molar-refractivity contribution in [3.8, 4) is 11.3 Å². The van der Waals surface area contributed by atoms with E-state index in [-0.39, 0.29) is 5.57 Å². The molecular formula is C31H34N3O3S+. The van der Waals surface area contributed by atoms with E-state index in [2.05, 4.69) is 59.5 Å². The lowest BCUT2D eigenvalue weighted by molar-refractivity contribution is -0.132. The Morgan fingerprint density at radius 1 is 1.08 bits per heavy atom. The molecule has 0 saturated heterocycles. The molecule has 0 aromatic heterocycles. The van der Waals surface area contributed by atoms with Crippen LogP contribution in [0.15, 0.2) is 75.7 Å². The molecule has 1 aliphatic heterocycles. The Morgan fingerprint density at radius 2 is 1.79 bits per heavy atom. The number of aliphatic imine (C=N–C) groups is 1. The smallest absolute Gasteiger partial charge is 0.336 e. The maximum absolute atomic E-state index is 12.5. The first-order chi connectivity index (χ1) is 18.3. The van der Waals surface area contributed by atoms with Crippen molar-refractivity contribution >= 4 is 45.6 Å². The highest BCUT2D eigenvalue weighted by Crippen LogP contribution is 2.41. The Hall–Kier alpha value is -3.80. The van der Waals surface area contributed by atoms with Crippen LogP contribution in [0, 0.1) is 0 Å². The Balaban J connectivity index is 2.15. The average Bonchev–Trinajstić information content (AvgIpc) is 3.07. The van der Waals surface area contributed by atoms with Gasteiger partial charge in [0.25, 0.3) is 0 Å². The first kappa shape index (κ1) is 27.2. The van der Waals surface area contributed by atoms with Crippen molar-refractivity contribution in [2.75, 3.05) is 31.1 Å². The van der Waals surface area contributed by atoms with Crippen LogP contribution in [0.5, 0.6) is 0 Å². The minimum Gasteiger partial charge on any atom is -0.478 e. The number of benzene rings is 2. The van der Waals surface area contributed by atoms with Gasteiger partial charge < -0.3 is 14.4 Å². The van der Waals surface area contributed by atoms with E-state index in [1.165, 1.54) is 0 Å². The van der Waals surface area contributed by atoms with Crippen molar-refractivity contribution in [3.63, 3.8) is 0 Å². The number of nitrogens with zero attached hydrogens (tertiary/aromatic N) is 3. The van der Waals surface area contributed by atoms with E-state index in [4.69, 9.17) is 16.6 Å². The zero-order chi connectivity index (χ0) is 27.4. The largest absolute Gasteiger partial charge is 0.478 e. The van der Waals surface area contributed by atoms with Gasteiger partial charge in [-0.1, -0.05) is 18.2 Å². The van der Waals surface area contributed by atoms with E-state index < -0.39 is 11.5 Å². The van der Waals surface area contributed by atoms with Crippen LogP contribution in [0.2, 0.25) is 0 Å². The molecule has 0 bridgehead atoms. The number of anilines is 1. The molecule has 1 N–H and O–H groups in total. The summed E-state index contributed by atoms with van der Waals surface area (Å²) in [5, 5.41) is 14.6. The molecule has 196 valence electrons. The molecule has 7 heteroatoms. The topological polar surface area (TPSA) is 69.1 Å². The second kappa shape index (κ2) is 11.3. The van der Waals surface area contributed by atoms with Gasteiger partial charge in [-0.2, -0.15) is 0 Å². The third-order valence-corrected chi connectivity index (χ3v) is 7.29. The summed E-state index contributed by atoms with van der Waals surface area (Å²) in [6, 6.07) is 12.3. The highest BCUT2D eigenvalue weighted by atomic mass is 32.1. The second-order valence-electron chi connectivity index (χ2n) is 9.41. The fourth-order valence-electron chi connectivity index (χ4n) is 5.05. The van der Waals surface area contributed by atoms with E-state index in [1.807, 2.05) is 43.3 Å². The number of carboxylic acids is 1. The Labute approximate surface area is 229 Å². The van der Waals surface area contributed by atoms with E-state index in [1.54, 1.807) is 12.2 Å². The van der Waals surface area contributed by atoms with E-state index in [0.29, 0.717) is 16.9 Å². The molecule has 0 spiro atoms. The molecule has 1 unspecified atom stereocenters.